The van der Waals surface area contributed by atoms with E-state index in [1.807, 2.05) is 0 Å². The van der Waals surface area contributed by atoms with Crippen LogP contribution >= 0.6 is 0 Å². The molecule has 122 valence electrons. The SMILES string of the molecule is O=S(=O)(NC1CC(F)(F)C1)c1cc2c(c3cnccc13)CCC2. The van der Waals surface area contributed by atoms with Crippen molar-refractivity contribution in [1.82, 2.24) is 9.71 Å². The number of hydrogen-bond acceptors (Lipinski definition) is 3. The first kappa shape index (κ1) is 15.0. The van der Waals surface area contributed by atoms with E-state index in [9.17, 15) is 17.2 Å². The summed E-state index contributed by atoms with van der Waals surface area (Å²) in [5.74, 6) is -2.75. The van der Waals surface area contributed by atoms with Crippen LogP contribution in [0.3, 0.4) is 0 Å². The lowest BCUT2D eigenvalue weighted by atomic mass is 9.89. The largest absolute Gasteiger partial charge is 0.264 e. The van der Waals surface area contributed by atoms with Crippen LogP contribution in [0.1, 0.15) is 30.4 Å². The minimum Gasteiger partial charge on any atom is -0.264 e. The van der Waals surface area contributed by atoms with Gasteiger partial charge in [0, 0.05) is 42.0 Å². The molecule has 0 amide bonds. The average molecular weight is 338 g/mol. The summed E-state index contributed by atoms with van der Waals surface area (Å²) in [4.78, 5) is 4.28. The molecule has 4 rings (SSSR count). The molecule has 1 fully saturated rings. The molecule has 2 aliphatic rings. The van der Waals surface area contributed by atoms with E-state index in [-0.39, 0.29) is 4.90 Å². The molecule has 0 unspecified atom stereocenters. The van der Waals surface area contributed by atoms with Crippen LogP contribution in [0.5, 0.6) is 0 Å². The molecule has 7 heteroatoms. The van der Waals surface area contributed by atoms with E-state index in [1.165, 1.54) is 0 Å². The number of hydrogen-bond donors (Lipinski definition) is 1. The Kier molecular flexibility index (Phi) is 3.22. The number of aryl methyl sites for hydroxylation is 2. The van der Waals surface area contributed by atoms with Crippen LogP contribution in [0.4, 0.5) is 8.78 Å². The molecule has 1 heterocycles. The Morgan fingerprint density at radius 3 is 2.74 bits per heavy atom. The highest BCUT2D eigenvalue weighted by Crippen LogP contribution is 2.39. The molecule has 4 nitrogen and oxygen atoms in total. The molecule has 0 aliphatic heterocycles. The first-order valence-corrected chi connectivity index (χ1v) is 9.13. The summed E-state index contributed by atoms with van der Waals surface area (Å²) < 4.78 is 53.7. The van der Waals surface area contributed by atoms with Crippen molar-refractivity contribution in [3.63, 3.8) is 0 Å². The number of nitrogens with zero attached hydrogens (tertiary/aromatic N) is 1. The third-order valence-electron chi connectivity index (χ3n) is 4.68. The number of rotatable bonds is 3. The lowest BCUT2D eigenvalue weighted by Gasteiger charge is -2.35. The number of halogens is 2. The zero-order valence-electron chi connectivity index (χ0n) is 12.4. The summed E-state index contributed by atoms with van der Waals surface area (Å²) in [6, 6.07) is 2.68. The van der Waals surface area contributed by atoms with Gasteiger partial charge in [0.1, 0.15) is 0 Å². The molecule has 0 radical (unpaired) electrons. The van der Waals surface area contributed by atoms with E-state index in [2.05, 4.69) is 9.71 Å². The summed E-state index contributed by atoms with van der Waals surface area (Å²) in [6.07, 6.45) is 5.12. The maximum Gasteiger partial charge on any atom is 0.251 e. The zero-order valence-corrected chi connectivity index (χ0v) is 13.2. The number of benzene rings is 1. The van der Waals surface area contributed by atoms with Crippen LogP contribution < -0.4 is 4.72 Å². The van der Waals surface area contributed by atoms with Crippen molar-refractivity contribution in [3.8, 4) is 0 Å². The van der Waals surface area contributed by atoms with Crippen molar-refractivity contribution >= 4 is 20.8 Å². The van der Waals surface area contributed by atoms with E-state index in [0.717, 1.165) is 35.8 Å². The Bertz CT molecular complexity index is 888. The second-order valence-corrected chi connectivity index (χ2v) is 8.05. The minimum absolute atomic E-state index is 0.172. The Balaban J connectivity index is 1.78. The van der Waals surface area contributed by atoms with E-state index in [0.29, 0.717) is 5.39 Å². The Labute approximate surface area is 133 Å². The van der Waals surface area contributed by atoms with Gasteiger partial charge in [-0.3, -0.25) is 4.98 Å². The highest BCUT2D eigenvalue weighted by Gasteiger charge is 2.47. The lowest BCUT2D eigenvalue weighted by Crippen LogP contribution is -2.50. The molecule has 1 N–H and O–H groups in total. The molecule has 0 saturated heterocycles. The summed E-state index contributed by atoms with van der Waals surface area (Å²) >= 11 is 0. The van der Waals surface area contributed by atoms with Gasteiger partial charge in [0.15, 0.2) is 0 Å². The number of pyridine rings is 1. The van der Waals surface area contributed by atoms with Gasteiger partial charge in [0.2, 0.25) is 10.0 Å². The van der Waals surface area contributed by atoms with Crippen molar-refractivity contribution in [2.45, 2.75) is 49.0 Å². The van der Waals surface area contributed by atoms with E-state index < -0.39 is 34.8 Å². The summed E-state index contributed by atoms with van der Waals surface area (Å²) in [5, 5.41) is 1.46. The van der Waals surface area contributed by atoms with E-state index in [1.54, 1.807) is 24.5 Å². The van der Waals surface area contributed by atoms with Crippen LogP contribution in [0.2, 0.25) is 0 Å². The quantitative estimate of drug-likeness (QED) is 0.936. The van der Waals surface area contributed by atoms with Gasteiger partial charge in [0.05, 0.1) is 4.90 Å². The molecule has 1 aromatic heterocycles. The highest BCUT2D eigenvalue weighted by molar-refractivity contribution is 7.89. The first-order chi connectivity index (χ1) is 10.9. The van der Waals surface area contributed by atoms with Crippen molar-refractivity contribution < 1.29 is 17.2 Å². The van der Waals surface area contributed by atoms with Crippen molar-refractivity contribution in [3.05, 3.63) is 35.7 Å². The second kappa shape index (κ2) is 4.95. The number of nitrogens with one attached hydrogen (secondary N) is 1. The predicted octanol–water partition coefficient (Wildman–Crippen LogP) is 2.80. The van der Waals surface area contributed by atoms with Gasteiger partial charge in [-0.1, -0.05) is 0 Å². The van der Waals surface area contributed by atoms with Crippen LogP contribution in [-0.4, -0.2) is 25.4 Å². The van der Waals surface area contributed by atoms with Crippen molar-refractivity contribution in [2.24, 2.45) is 0 Å². The molecule has 0 atom stereocenters. The monoisotopic (exact) mass is 338 g/mol. The lowest BCUT2D eigenvalue weighted by molar-refractivity contribution is -0.0876. The first-order valence-electron chi connectivity index (χ1n) is 7.64. The Hall–Kier alpha value is -1.60. The molecule has 2 aromatic rings. The summed E-state index contributed by atoms with van der Waals surface area (Å²) in [6.45, 7) is 0. The molecule has 1 aromatic carbocycles. The van der Waals surface area contributed by atoms with E-state index in [4.69, 9.17) is 0 Å². The average Bonchev–Trinajstić information content (AvgIpc) is 2.92. The number of aromatic nitrogens is 1. The second-order valence-electron chi connectivity index (χ2n) is 6.37. The topological polar surface area (TPSA) is 59.1 Å². The highest BCUT2D eigenvalue weighted by atomic mass is 32.2. The maximum atomic E-state index is 13.0. The zero-order chi connectivity index (χ0) is 16.2. The molecule has 0 spiro atoms. The fraction of sp³-hybridized carbons (Fsp3) is 0.438. The van der Waals surface area contributed by atoms with Gasteiger partial charge < -0.3 is 0 Å². The molecule has 1 saturated carbocycles. The molecular formula is C16H16F2N2O2S. The number of alkyl halides is 2. The smallest absolute Gasteiger partial charge is 0.251 e. The van der Waals surface area contributed by atoms with Gasteiger partial charge in [-0.15, -0.1) is 0 Å². The summed E-state index contributed by atoms with van der Waals surface area (Å²) in [7, 11) is -3.83. The Morgan fingerprint density at radius 1 is 1.22 bits per heavy atom. The van der Waals surface area contributed by atoms with Gasteiger partial charge in [-0.25, -0.2) is 21.9 Å². The predicted molar refractivity (Wildman–Crippen MR) is 82.1 cm³/mol. The Morgan fingerprint density at radius 2 is 2.00 bits per heavy atom. The normalized spacial score (nSPS) is 20.4. The third kappa shape index (κ3) is 2.52. The van der Waals surface area contributed by atoms with Crippen LogP contribution in [0.25, 0.3) is 10.8 Å². The van der Waals surface area contributed by atoms with Crippen LogP contribution in [-0.2, 0) is 22.9 Å². The van der Waals surface area contributed by atoms with Gasteiger partial charge in [-0.2, -0.15) is 0 Å². The van der Waals surface area contributed by atoms with Crippen LogP contribution in [0.15, 0.2) is 29.4 Å². The molecule has 23 heavy (non-hydrogen) atoms. The maximum absolute atomic E-state index is 13.0. The van der Waals surface area contributed by atoms with E-state index >= 15 is 0 Å². The van der Waals surface area contributed by atoms with Gasteiger partial charge in [0.25, 0.3) is 5.92 Å². The minimum atomic E-state index is -3.83. The number of fused-ring (bicyclic) bond motifs is 3. The number of sulfonamides is 1. The summed E-state index contributed by atoms with van der Waals surface area (Å²) in [5.41, 5.74) is 2.17. The molecule has 0 bridgehead atoms. The third-order valence-corrected chi connectivity index (χ3v) is 6.24. The standard InChI is InChI=1S/C16H16F2N2O2S/c17-16(18)7-11(8-16)20-23(21,22)15-6-10-2-1-3-12(10)14-9-19-5-4-13(14)15/h4-6,9,11,20H,1-3,7-8H2. The molecular weight excluding hydrogens is 322 g/mol. The van der Waals surface area contributed by atoms with Crippen molar-refractivity contribution in [1.29, 1.82) is 0 Å². The van der Waals surface area contributed by atoms with Crippen molar-refractivity contribution in [2.75, 3.05) is 0 Å². The fourth-order valence-electron chi connectivity index (χ4n) is 3.57. The van der Waals surface area contributed by atoms with Gasteiger partial charge >= 0.3 is 0 Å². The molecule has 2 aliphatic carbocycles. The van der Waals surface area contributed by atoms with Crippen LogP contribution in [0, 0.1) is 0 Å². The van der Waals surface area contributed by atoms with Gasteiger partial charge in [-0.05, 0) is 42.5 Å². The fourth-order valence-corrected chi connectivity index (χ4v) is 5.07.